The topological polar surface area (TPSA) is 68.6 Å². The maximum Gasteiger partial charge on any atom is 0.338 e. The Morgan fingerprint density at radius 3 is 2.60 bits per heavy atom. The third-order valence-corrected chi connectivity index (χ3v) is 6.89. The van der Waals surface area contributed by atoms with Crippen LogP contribution in [-0.2, 0) is 16.1 Å². The van der Waals surface area contributed by atoms with Crippen molar-refractivity contribution in [2.45, 2.75) is 27.3 Å². The molecule has 0 bridgehead atoms. The van der Waals surface area contributed by atoms with E-state index < -0.39 is 22.9 Å². The Morgan fingerprint density at radius 2 is 1.89 bits per heavy atom. The summed E-state index contributed by atoms with van der Waals surface area (Å²) in [5.74, 6) is -1.48. The van der Waals surface area contributed by atoms with Crippen molar-refractivity contribution in [1.29, 1.82) is 0 Å². The number of halogens is 2. The van der Waals surface area contributed by atoms with E-state index in [1.54, 1.807) is 31.2 Å². The molecule has 1 fully saturated rings. The van der Waals surface area contributed by atoms with E-state index in [1.807, 2.05) is 30.5 Å². The van der Waals surface area contributed by atoms with E-state index in [0.717, 1.165) is 39.3 Å². The highest BCUT2D eigenvalue weighted by molar-refractivity contribution is 8.18. The summed E-state index contributed by atoms with van der Waals surface area (Å²) in [6.07, 6.45) is 1.65. The molecule has 0 aliphatic carbocycles. The molecule has 180 valence electrons. The van der Waals surface area contributed by atoms with Crippen molar-refractivity contribution in [3.05, 3.63) is 92.4 Å². The molecule has 1 aromatic heterocycles. The van der Waals surface area contributed by atoms with Gasteiger partial charge in [-0.1, -0.05) is 23.7 Å². The largest absolute Gasteiger partial charge is 0.462 e. The minimum Gasteiger partial charge on any atom is -0.462 e. The SMILES string of the molecule is CCOC(=O)c1cccc(-n2c(C)cc(/C=C3\SC(=O)N(Cc4c(F)cccc4Cl)C3=O)c2C)c1. The van der Waals surface area contributed by atoms with Crippen LogP contribution in [0.2, 0.25) is 5.02 Å². The number of nitrogens with zero attached hydrogens (tertiary/aromatic N) is 2. The molecule has 1 aliphatic rings. The molecule has 3 aromatic rings. The molecule has 0 spiro atoms. The highest BCUT2D eigenvalue weighted by Crippen LogP contribution is 2.35. The average Bonchev–Trinajstić information content (AvgIpc) is 3.25. The third kappa shape index (κ3) is 4.90. The lowest BCUT2D eigenvalue weighted by Gasteiger charge is -2.14. The number of carbonyl (C=O) groups is 3. The Kier molecular flexibility index (Phi) is 7.14. The van der Waals surface area contributed by atoms with Gasteiger partial charge in [-0.05, 0) is 80.6 Å². The van der Waals surface area contributed by atoms with Gasteiger partial charge >= 0.3 is 5.97 Å². The third-order valence-electron chi connectivity index (χ3n) is 5.62. The Balaban J connectivity index is 1.64. The molecule has 35 heavy (non-hydrogen) atoms. The lowest BCUT2D eigenvalue weighted by molar-refractivity contribution is -0.123. The fraction of sp³-hybridized carbons (Fsp3) is 0.192. The molecular weight excluding hydrogens is 491 g/mol. The number of hydrogen-bond donors (Lipinski definition) is 0. The molecule has 2 amide bonds. The van der Waals surface area contributed by atoms with Crippen LogP contribution in [0.25, 0.3) is 11.8 Å². The number of ether oxygens (including phenoxy) is 1. The molecular formula is C26H22ClFN2O4S. The van der Waals surface area contributed by atoms with Gasteiger partial charge in [0.1, 0.15) is 5.82 Å². The van der Waals surface area contributed by atoms with Gasteiger partial charge in [-0.15, -0.1) is 0 Å². The summed E-state index contributed by atoms with van der Waals surface area (Å²) in [7, 11) is 0. The normalized spacial score (nSPS) is 14.8. The molecule has 2 aromatic carbocycles. The van der Waals surface area contributed by atoms with Gasteiger partial charge in [-0.3, -0.25) is 14.5 Å². The van der Waals surface area contributed by atoms with Crippen LogP contribution in [0.1, 0.15) is 39.8 Å². The van der Waals surface area contributed by atoms with Crippen LogP contribution >= 0.6 is 23.4 Å². The monoisotopic (exact) mass is 512 g/mol. The van der Waals surface area contributed by atoms with E-state index in [9.17, 15) is 18.8 Å². The van der Waals surface area contributed by atoms with Crippen molar-refractivity contribution in [3.8, 4) is 5.69 Å². The first kappa shape index (κ1) is 24.8. The molecule has 0 saturated carbocycles. The van der Waals surface area contributed by atoms with E-state index in [1.165, 1.54) is 18.2 Å². The summed E-state index contributed by atoms with van der Waals surface area (Å²) in [6.45, 7) is 5.59. The van der Waals surface area contributed by atoms with Gasteiger partial charge in [-0.25, -0.2) is 9.18 Å². The minimum absolute atomic E-state index is 0.0948. The highest BCUT2D eigenvalue weighted by Gasteiger charge is 2.36. The zero-order valence-electron chi connectivity index (χ0n) is 19.3. The Labute approximate surface area is 211 Å². The van der Waals surface area contributed by atoms with Crippen molar-refractivity contribution >= 4 is 46.6 Å². The van der Waals surface area contributed by atoms with E-state index in [2.05, 4.69) is 0 Å². The maximum atomic E-state index is 14.2. The predicted molar refractivity (Wildman–Crippen MR) is 134 cm³/mol. The van der Waals surface area contributed by atoms with Crippen molar-refractivity contribution in [2.24, 2.45) is 0 Å². The first-order valence-corrected chi connectivity index (χ1v) is 12.1. The quantitative estimate of drug-likeness (QED) is 0.286. The second-order valence-electron chi connectivity index (χ2n) is 7.90. The van der Waals surface area contributed by atoms with Gasteiger partial charge in [0, 0.05) is 27.7 Å². The number of esters is 1. The molecule has 6 nitrogen and oxygen atoms in total. The number of amides is 2. The predicted octanol–water partition coefficient (Wildman–Crippen LogP) is 6.30. The number of carbonyl (C=O) groups excluding carboxylic acids is 3. The van der Waals surface area contributed by atoms with E-state index in [0.29, 0.717) is 5.56 Å². The number of thioether (sulfide) groups is 1. The molecule has 2 heterocycles. The van der Waals surface area contributed by atoms with Crippen molar-refractivity contribution in [1.82, 2.24) is 9.47 Å². The summed E-state index contributed by atoms with van der Waals surface area (Å²) in [5.41, 5.74) is 3.76. The molecule has 9 heteroatoms. The molecule has 1 aliphatic heterocycles. The maximum absolute atomic E-state index is 14.2. The minimum atomic E-state index is -0.575. The van der Waals surface area contributed by atoms with Crippen molar-refractivity contribution in [3.63, 3.8) is 0 Å². The van der Waals surface area contributed by atoms with Crippen LogP contribution in [0, 0.1) is 19.7 Å². The fourth-order valence-electron chi connectivity index (χ4n) is 3.94. The van der Waals surface area contributed by atoms with Crippen LogP contribution in [-0.4, -0.2) is 33.2 Å². The van der Waals surface area contributed by atoms with Gasteiger partial charge in [0.05, 0.1) is 23.6 Å². The van der Waals surface area contributed by atoms with Crippen LogP contribution in [0.5, 0.6) is 0 Å². The molecule has 4 rings (SSSR count). The summed E-state index contributed by atoms with van der Waals surface area (Å²) in [6, 6.07) is 13.2. The standard InChI is InChI=1S/C26H22ClFN2O4S/c1-4-34-25(32)17-7-5-8-19(12-17)30-15(2)11-18(16(30)3)13-23-24(31)29(26(33)35-23)14-20-21(27)9-6-10-22(20)28/h5-13H,4,14H2,1-3H3/b23-13-. The molecule has 1 saturated heterocycles. The first-order chi connectivity index (χ1) is 16.7. The molecule has 0 atom stereocenters. The Morgan fingerprint density at radius 1 is 1.14 bits per heavy atom. The number of aromatic nitrogens is 1. The molecule has 0 N–H and O–H groups in total. The van der Waals surface area contributed by atoms with Gasteiger partial charge in [0.25, 0.3) is 11.1 Å². The van der Waals surface area contributed by atoms with E-state index in [-0.39, 0.29) is 28.6 Å². The lowest BCUT2D eigenvalue weighted by atomic mass is 10.2. The van der Waals surface area contributed by atoms with Crippen molar-refractivity contribution in [2.75, 3.05) is 6.61 Å². The number of rotatable bonds is 6. The second kappa shape index (κ2) is 10.1. The van der Waals surface area contributed by atoms with E-state index in [4.69, 9.17) is 16.3 Å². The van der Waals surface area contributed by atoms with Gasteiger partial charge in [-0.2, -0.15) is 0 Å². The summed E-state index contributed by atoms with van der Waals surface area (Å²) in [5, 5.41) is -0.335. The Hall–Kier alpha value is -3.36. The van der Waals surface area contributed by atoms with Crippen LogP contribution < -0.4 is 0 Å². The number of imide groups is 1. The van der Waals surface area contributed by atoms with Gasteiger partial charge < -0.3 is 9.30 Å². The lowest BCUT2D eigenvalue weighted by Crippen LogP contribution is -2.28. The molecule has 0 radical (unpaired) electrons. The second-order valence-corrected chi connectivity index (χ2v) is 9.30. The van der Waals surface area contributed by atoms with Gasteiger partial charge in [0.2, 0.25) is 0 Å². The number of benzene rings is 2. The Bertz CT molecular complexity index is 1360. The van der Waals surface area contributed by atoms with Crippen LogP contribution in [0.3, 0.4) is 0 Å². The first-order valence-electron chi connectivity index (χ1n) is 10.9. The summed E-state index contributed by atoms with van der Waals surface area (Å²) in [4.78, 5) is 38.9. The highest BCUT2D eigenvalue weighted by atomic mass is 35.5. The van der Waals surface area contributed by atoms with Gasteiger partial charge in [0.15, 0.2) is 0 Å². The van der Waals surface area contributed by atoms with Crippen LogP contribution in [0.4, 0.5) is 9.18 Å². The number of aryl methyl sites for hydroxylation is 1. The van der Waals surface area contributed by atoms with E-state index >= 15 is 0 Å². The zero-order chi connectivity index (χ0) is 25.3. The summed E-state index contributed by atoms with van der Waals surface area (Å²) >= 11 is 6.88. The summed E-state index contributed by atoms with van der Waals surface area (Å²) < 4.78 is 21.3. The zero-order valence-corrected chi connectivity index (χ0v) is 20.9. The number of hydrogen-bond acceptors (Lipinski definition) is 5. The average molecular weight is 513 g/mol. The van der Waals surface area contributed by atoms with Crippen LogP contribution in [0.15, 0.2) is 53.4 Å². The molecule has 0 unspecified atom stereocenters. The van der Waals surface area contributed by atoms with Crippen molar-refractivity contribution < 1.29 is 23.5 Å². The smallest absolute Gasteiger partial charge is 0.338 e. The fourth-order valence-corrected chi connectivity index (χ4v) is 4.99.